The lowest BCUT2D eigenvalue weighted by Crippen LogP contribution is -2.54. The van der Waals surface area contributed by atoms with Crippen molar-refractivity contribution in [2.24, 2.45) is 11.3 Å². The van der Waals surface area contributed by atoms with Crippen LogP contribution in [-0.4, -0.2) is 22.7 Å². The smallest absolute Gasteiger partial charge is 0.310 e. The number of rotatable bonds is 1. The Bertz CT molecular complexity index is 310. The Morgan fingerprint density at radius 3 is 2.64 bits per heavy atom. The number of carbonyl (C=O) groups is 2. The molecular formula is C10H13BrO3. The highest BCUT2D eigenvalue weighted by Gasteiger charge is 2.66. The van der Waals surface area contributed by atoms with E-state index in [1.54, 1.807) is 0 Å². The zero-order valence-corrected chi connectivity index (χ0v) is 9.89. The number of ether oxygens (including phenoxy) is 1. The van der Waals surface area contributed by atoms with Crippen molar-refractivity contribution in [3.05, 3.63) is 0 Å². The van der Waals surface area contributed by atoms with Gasteiger partial charge in [0, 0.05) is 11.8 Å². The minimum atomic E-state index is -0.910. The Hall–Kier alpha value is -0.380. The van der Waals surface area contributed by atoms with E-state index in [4.69, 9.17) is 4.74 Å². The van der Waals surface area contributed by atoms with E-state index in [-0.39, 0.29) is 23.1 Å². The third-order valence-electron chi connectivity index (χ3n) is 3.77. The van der Waals surface area contributed by atoms with Crippen molar-refractivity contribution in [1.29, 1.82) is 0 Å². The number of halogens is 1. The van der Waals surface area contributed by atoms with Crippen LogP contribution in [0.4, 0.5) is 0 Å². The van der Waals surface area contributed by atoms with Gasteiger partial charge >= 0.3 is 5.97 Å². The van der Waals surface area contributed by atoms with Crippen LogP contribution in [0, 0.1) is 11.3 Å². The number of hydrogen-bond donors (Lipinski definition) is 0. The largest absolute Gasteiger partial charge is 0.449 e. The first kappa shape index (κ1) is 10.1. The van der Waals surface area contributed by atoms with E-state index in [0.29, 0.717) is 18.2 Å². The van der Waals surface area contributed by atoms with E-state index >= 15 is 0 Å². The molecule has 2 rings (SSSR count). The van der Waals surface area contributed by atoms with Crippen molar-refractivity contribution in [3.8, 4) is 0 Å². The molecule has 0 aromatic heterocycles. The summed E-state index contributed by atoms with van der Waals surface area (Å²) in [5, 5.41) is 0.411. The molecule has 0 radical (unpaired) electrons. The number of carbonyl (C=O) groups excluding carboxylic acids is 2. The molecule has 0 spiro atoms. The predicted molar refractivity (Wildman–Crippen MR) is 54.1 cm³/mol. The average molecular weight is 261 g/mol. The number of alkyl halides is 1. The summed E-state index contributed by atoms with van der Waals surface area (Å²) in [6.45, 7) is 3.89. The minimum absolute atomic E-state index is 0.0569. The van der Waals surface area contributed by atoms with Gasteiger partial charge < -0.3 is 4.74 Å². The van der Waals surface area contributed by atoms with Crippen LogP contribution in [0.1, 0.15) is 26.7 Å². The second-order valence-corrected chi connectivity index (χ2v) is 5.18. The number of fused-ring (bicyclic) bond motifs is 2. The van der Waals surface area contributed by atoms with E-state index in [1.165, 1.54) is 0 Å². The molecule has 78 valence electrons. The van der Waals surface area contributed by atoms with Gasteiger partial charge in [0.2, 0.25) is 0 Å². The highest BCUT2D eigenvalue weighted by Crippen LogP contribution is 2.54. The van der Waals surface area contributed by atoms with Crippen LogP contribution in [0.15, 0.2) is 0 Å². The fourth-order valence-electron chi connectivity index (χ4n) is 2.60. The fourth-order valence-corrected chi connectivity index (χ4v) is 3.75. The molecule has 0 amide bonds. The van der Waals surface area contributed by atoms with Crippen LogP contribution in [0.2, 0.25) is 0 Å². The standard InChI is InChI=1S/C10H13BrO3/c1-9(2)6-3-4-7(12)10(9,5-11)14-8(6)13/h6H,3-5H2,1-2H3/t6-,10+/m1/s1. The van der Waals surface area contributed by atoms with Gasteiger partial charge in [-0.25, -0.2) is 0 Å². The SMILES string of the molecule is CC1(C)[C@@H]2CCC(=O)[C@]1(CBr)OC2=O. The van der Waals surface area contributed by atoms with Gasteiger partial charge in [-0.15, -0.1) is 0 Å². The van der Waals surface area contributed by atoms with Crippen LogP contribution in [0.5, 0.6) is 0 Å². The molecule has 4 heteroatoms. The number of esters is 1. The van der Waals surface area contributed by atoms with Gasteiger partial charge in [0.25, 0.3) is 0 Å². The summed E-state index contributed by atoms with van der Waals surface area (Å²) in [6.07, 6.45) is 1.10. The Kier molecular flexibility index (Phi) is 2.04. The highest BCUT2D eigenvalue weighted by atomic mass is 79.9. The maximum absolute atomic E-state index is 11.9. The monoisotopic (exact) mass is 260 g/mol. The molecule has 14 heavy (non-hydrogen) atoms. The van der Waals surface area contributed by atoms with E-state index in [0.717, 1.165) is 0 Å². The molecule has 1 aliphatic heterocycles. The fraction of sp³-hybridized carbons (Fsp3) is 0.800. The van der Waals surface area contributed by atoms with Crippen molar-refractivity contribution in [1.82, 2.24) is 0 Å². The third kappa shape index (κ3) is 0.926. The lowest BCUT2D eigenvalue weighted by molar-refractivity contribution is -0.158. The molecule has 1 saturated heterocycles. The minimum Gasteiger partial charge on any atom is -0.449 e. The number of hydrogen-bond acceptors (Lipinski definition) is 3. The Morgan fingerprint density at radius 2 is 2.14 bits per heavy atom. The first-order valence-corrected chi connectivity index (χ1v) is 5.90. The Labute approximate surface area is 91.3 Å². The van der Waals surface area contributed by atoms with Gasteiger partial charge in [-0.1, -0.05) is 29.8 Å². The molecule has 0 aromatic rings. The number of ketones is 1. The van der Waals surface area contributed by atoms with E-state index in [2.05, 4.69) is 15.9 Å². The van der Waals surface area contributed by atoms with Crippen molar-refractivity contribution < 1.29 is 14.3 Å². The first-order valence-electron chi connectivity index (χ1n) is 4.78. The molecule has 3 nitrogen and oxygen atoms in total. The van der Waals surface area contributed by atoms with E-state index < -0.39 is 5.60 Å². The summed E-state index contributed by atoms with van der Waals surface area (Å²) in [5.41, 5.74) is -1.28. The summed E-state index contributed by atoms with van der Waals surface area (Å²) < 4.78 is 5.31. The maximum Gasteiger partial charge on any atom is 0.310 e. The summed E-state index contributed by atoms with van der Waals surface area (Å²) >= 11 is 3.30. The molecule has 1 aliphatic carbocycles. The summed E-state index contributed by atoms with van der Waals surface area (Å²) in [7, 11) is 0. The normalized spacial score (nSPS) is 39.8. The molecule has 0 aromatic carbocycles. The van der Waals surface area contributed by atoms with Crippen LogP contribution >= 0.6 is 15.9 Å². The van der Waals surface area contributed by atoms with Crippen LogP contribution in [0.3, 0.4) is 0 Å². The van der Waals surface area contributed by atoms with Gasteiger partial charge in [-0.3, -0.25) is 9.59 Å². The average Bonchev–Trinajstić information content (AvgIpc) is 2.23. The van der Waals surface area contributed by atoms with Gasteiger partial charge in [0.15, 0.2) is 11.4 Å². The van der Waals surface area contributed by atoms with Gasteiger partial charge in [0.1, 0.15) is 0 Å². The summed E-state index contributed by atoms with van der Waals surface area (Å²) in [4.78, 5) is 23.4. The Balaban J connectivity index is 2.53. The van der Waals surface area contributed by atoms with Crippen molar-refractivity contribution in [2.45, 2.75) is 32.3 Å². The topological polar surface area (TPSA) is 43.4 Å². The van der Waals surface area contributed by atoms with Gasteiger partial charge in [-0.05, 0) is 6.42 Å². The van der Waals surface area contributed by atoms with Crippen LogP contribution < -0.4 is 0 Å². The maximum atomic E-state index is 11.9. The molecule has 0 N–H and O–H groups in total. The molecule has 1 heterocycles. The highest BCUT2D eigenvalue weighted by molar-refractivity contribution is 9.09. The predicted octanol–water partition coefficient (Wildman–Crippen LogP) is 1.68. The second-order valence-electron chi connectivity index (χ2n) is 4.62. The van der Waals surface area contributed by atoms with E-state index in [9.17, 15) is 9.59 Å². The zero-order chi connectivity index (χ0) is 10.6. The van der Waals surface area contributed by atoms with E-state index in [1.807, 2.05) is 13.8 Å². The van der Waals surface area contributed by atoms with Gasteiger partial charge in [-0.2, -0.15) is 0 Å². The molecule has 1 saturated carbocycles. The van der Waals surface area contributed by atoms with Crippen LogP contribution in [0.25, 0.3) is 0 Å². The third-order valence-corrected chi connectivity index (χ3v) is 4.56. The molecule has 2 bridgehead atoms. The lowest BCUT2D eigenvalue weighted by atomic mass is 9.62. The van der Waals surface area contributed by atoms with Gasteiger partial charge in [0.05, 0.1) is 11.2 Å². The second kappa shape index (κ2) is 2.81. The lowest BCUT2D eigenvalue weighted by Gasteiger charge is -2.41. The molecule has 0 unspecified atom stereocenters. The van der Waals surface area contributed by atoms with Crippen molar-refractivity contribution in [3.63, 3.8) is 0 Å². The summed E-state index contributed by atoms with van der Waals surface area (Å²) in [6, 6.07) is 0. The summed E-state index contributed by atoms with van der Waals surface area (Å²) in [5.74, 6) is -0.264. The molecule has 2 aliphatic rings. The van der Waals surface area contributed by atoms with Crippen molar-refractivity contribution >= 4 is 27.7 Å². The van der Waals surface area contributed by atoms with Crippen LogP contribution in [-0.2, 0) is 14.3 Å². The zero-order valence-electron chi connectivity index (χ0n) is 8.30. The number of Topliss-reactive ketones (excluding diaryl/α,β-unsaturated/α-hetero) is 1. The Morgan fingerprint density at radius 1 is 1.50 bits per heavy atom. The quantitative estimate of drug-likeness (QED) is 0.532. The molecule has 2 atom stereocenters. The molecular weight excluding hydrogens is 248 g/mol. The van der Waals surface area contributed by atoms with Crippen molar-refractivity contribution in [2.75, 3.05) is 5.33 Å². The first-order chi connectivity index (χ1) is 6.45. The molecule has 2 fully saturated rings.